The minimum absolute atomic E-state index is 0.277. The van der Waals surface area contributed by atoms with Crippen molar-refractivity contribution in [1.82, 2.24) is 9.55 Å². The van der Waals surface area contributed by atoms with E-state index >= 15 is 0 Å². The largest absolute Gasteiger partial charge is 0.493 e. The summed E-state index contributed by atoms with van der Waals surface area (Å²) in [6, 6.07) is 11.6. The van der Waals surface area contributed by atoms with Crippen LogP contribution in [0.5, 0.6) is 5.75 Å². The van der Waals surface area contributed by atoms with Crippen LogP contribution in [0.4, 0.5) is 0 Å². The standard InChI is InChI=1S/C22H24N2O/c1-15(16-8-9-22-19(11-16)7-4-10-25-22)24-14-23-20-12-17-5-2-3-6-18(17)13-21(20)24/h8-9,11-15H,2-7,10H2,1H3. The number of imidazole rings is 1. The number of hydrogen-bond acceptors (Lipinski definition) is 2. The van der Waals surface area contributed by atoms with Gasteiger partial charge in [-0.1, -0.05) is 12.1 Å². The first-order valence-electron chi connectivity index (χ1n) is 9.53. The highest BCUT2D eigenvalue weighted by Crippen LogP contribution is 2.32. The Bertz CT molecular complexity index is 941. The fourth-order valence-electron chi connectivity index (χ4n) is 4.37. The lowest BCUT2D eigenvalue weighted by atomic mass is 9.91. The molecule has 1 aliphatic heterocycles. The average Bonchev–Trinajstić information content (AvgIpc) is 3.08. The van der Waals surface area contributed by atoms with Crippen LogP contribution in [0.15, 0.2) is 36.7 Å². The van der Waals surface area contributed by atoms with Crippen molar-refractivity contribution in [2.24, 2.45) is 0 Å². The zero-order valence-corrected chi connectivity index (χ0v) is 14.8. The van der Waals surface area contributed by atoms with Crippen LogP contribution in [0.1, 0.15) is 54.5 Å². The summed E-state index contributed by atoms with van der Waals surface area (Å²) in [5, 5.41) is 0. The van der Waals surface area contributed by atoms with Gasteiger partial charge in [0.25, 0.3) is 0 Å². The number of nitrogens with zero attached hydrogens (tertiary/aromatic N) is 2. The Morgan fingerprint density at radius 3 is 2.64 bits per heavy atom. The molecule has 0 N–H and O–H groups in total. The number of fused-ring (bicyclic) bond motifs is 3. The van der Waals surface area contributed by atoms with Crippen molar-refractivity contribution in [3.05, 3.63) is 58.9 Å². The minimum Gasteiger partial charge on any atom is -0.493 e. The highest BCUT2D eigenvalue weighted by atomic mass is 16.5. The first-order valence-corrected chi connectivity index (χ1v) is 9.53. The number of aromatic nitrogens is 2. The zero-order chi connectivity index (χ0) is 16.8. The molecule has 2 aromatic carbocycles. The van der Waals surface area contributed by atoms with Crippen LogP contribution >= 0.6 is 0 Å². The molecule has 0 radical (unpaired) electrons. The summed E-state index contributed by atoms with van der Waals surface area (Å²) in [6.07, 6.45) is 9.29. The second-order valence-electron chi connectivity index (χ2n) is 7.46. The number of aryl methyl sites for hydroxylation is 3. The van der Waals surface area contributed by atoms with Crippen LogP contribution in [0.2, 0.25) is 0 Å². The molecule has 1 aliphatic carbocycles. The van der Waals surface area contributed by atoms with Crippen LogP contribution in [0.3, 0.4) is 0 Å². The van der Waals surface area contributed by atoms with Crippen molar-refractivity contribution in [1.29, 1.82) is 0 Å². The van der Waals surface area contributed by atoms with Crippen molar-refractivity contribution < 1.29 is 4.74 Å². The molecule has 1 unspecified atom stereocenters. The van der Waals surface area contributed by atoms with Gasteiger partial charge >= 0.3 is 0 Å². The zero-order valence-electron chi connectivity index (χ0n) is 14.8. The molecule has 0 bridgehead atoms. The van der Waals surface area contributed by atoms with Crippen molar-refractivity contribution >= 4 is 11.0 Å². The van der Waals surface area contributed by atoms with Gasteiger partial charge in [-0.05, 0) is 85.9 Å². The van der Waals surface area contributed by atoms with E-state index < -0.39 is 0 Å². The van der Waals surface area contributed by atoms with Crippen molar-refractivity contribution in [3.63, 3.8) is 0 Å². The second-order valence-corrected chi connectivity index (χ2v) is 7.46. The van der Waals surface area contributed by atoms with Crippen LogP contribution in [-0.2, 0) is 19.3 Å². The third-order valence-corrected chi connectivity index (χ3v) is 5.87. The van der Waals surface area contributed by atoms with Crippen LogP contribution in [0, 0.1) is 0 Å². The first-order chi connectivity index (χ1) is 12.3. The Kier molecular flexibility index (Phi) is 3.54. The van der Waals surface area contributed by atoms with E-state index in [2.05, 4.69) is 41.8 Å². The molecule has 1 atom stereocenters. The summed E-state index contributed by atoms with van der Waals surface area (Å²) in [7, 11) is 0. The maximum Gasteiger partial charge on any atom is 0.122 e. The predicted octanol–water partition coefficient (Wildman–Crippen LogP) is 4.85. The van der Waals surface area contributed by atoms with Gasteiger partial charge in [0.2, 0.25) is 0 Å². The molecule has 3 aromatic rings. The minimum atomic E-state index is 0.277. The van der Waals surface area contributed by atoms with Crippen molar-refractivity contribution in [2.75, 3.05) is 6.61 Å². The molecule has 0 spiro atoms. The van der Waals surface area contributed by atoms with Gasteiger partial charge in [-0.3, -0.25) is 0 Å². The molecule has 25 heavy (non-hydrogen) atoms. The van der Waals surface area contributed by atoms with Gasteiger partial charge in [0.1, 0.15) is 5.75 Å². The smallest absolute Gasteiger partial charge is 0.122 e. The van der Waals surface area contributed by atoms with E-state index in [0.717, 1.165) is 30.7 Å². The van der Waals surface area contributed by atoms with E-state index in [-0.39, 0.29) is 6.04 Å². The van der Waals surface area contributed by atoms with Crippen LogP contribution in [0.25, 0.3) is 11.0 Å². The van der Waals surface area contributed by atoms with E-state index in [1.807, 2.05) is 6.33 Å². The molecule has 2 heterocycles. The summed E-state index contributed by atoms with van der Waals surface area (Å²) in [6.45, 7) is 3.12. The third-order valence-electron chi connectivity index (χ3n) is 5.87. The molecule has 2 aliphatic rings. The summed E-state index contributed by atoms with van der Waals surface area (Å²) in [4.78, 5) is 4.70. The van der Waals surface area contributed by atoms with Crippen LogP contribution in [-0.4, -0.2) is 16.2 Å². The molecule has 3 nitrogen and oxygen atoms in total. The Morgan fingerprint density at radius 1 is 0.960 bits per heavy atom. The number of rotatable bonds is 2. The quantitative estimate of drug-likeness (QED) is 0.671. The molecule has 0 saturated heterocycles. The lowest BCUT2D eigenvalue weighted by Crippen LogP contribution is -2.11. The van der Waals surface area contributed by atoms with Gasteiger partial charge in [-0.2, -0.15) is 0 Å². The fourth-order valence-corrected chi connectivity index (χ4v) is 4.37. The maximum atomic E-state index is 5.76. The van der Waals surface area contributed by atoms with Gasteiger partial charge in [0.05, 0.1) is 30.0 Å². The highest BCUT2D eigenvalue weighted by Gasteiger charge is 2.18. The van der Waals surface area contributed by atoms with Gasteiger partial charge in [0, 0.05) is 0 Å². The molecule has 1 aromatic heterocycles. The second kappa shape index (κ2) is 5.91. The lowest BCUT2D eigenvalue weighted by Gasteiger charge is -2.21. The van der Waals surface area contributed by atoms with E-state index in [4.69, 9.17) is 9.72 Å². The van der Waals surface area contributed by atoms with Crippen LogP contribution < -0.4 is 4.74 Å². The summed E-state index contributed by atoms with van der Waals surface area (Å²) in [5.41, 5.74) is 8.10. The molecular formula is C22H24N2O. The van der Waals surface area contributed by atoms with Gasteiger partial charge in [-0.25, -0.2) is 4.98 Å². The number of ether oxygens (including phenoxy) is 1. The molecule has 3 heteroatoms. The van der Waals surface area contributed by atoms with Gasteiger partial charge in [0.15, 0.2) is 0 Å². The monoisotopic (exact) mass is 332 g/mol. The first kappa shape index (κ1) is 15.0. The predicted molar refractivity (Wildman–Crippen MR) is 100 cm³/mol. The maximum absolute atomic E-state index is 5.76. The molecule has 0 amide bonds. The molecule has 128 valence electrons. The third kappa shape index (κ3) is 2.53. The van der Waals surface area contributed by atoms with Gasteiger partial charge < -0.3 is 9.30 Å². The van der Waals surface area contributed by atoms with E-state index in [9.17, 15) is 0 Å². The normalized spacial score (nSPS) is 17.6. The molecular weight excluding hydrogens is 308 g/mol. The van der Waals surface area contributed by atoms with E-state index in [1.165, 1.54) is 53.5 Å². The summed E-state index contributed by atoms with van der Waals surface area (Å²) in [5.74, 6) is 1.06. The number of benzene rings is 2. The van der Waals surface area contributed by atoms with E-state index in [1.54, 1.807) is 0 Å². The number of hydrogen-bond donors (Lipinski definition) is 0. The topological polar surface area (TPSA) is 27.1 Å². The summed E-state index contributed by atoms with van der Waals surface area (Å²) >= 11 is 0. The van der Waals surface area contributed by atoms with Crippen molar-refractivity contribution in [2.45, 2.75) is 51.5 Å². The SMILES string of the molecule is CC(c1ccc2c(c1)CCCO2)n1cnc2cc3c(cc21)CCCC3. The fraction of sp³-hybridized carbons (Fsp3) is 0.409. The Morgan fingerprint density at radius 2 is 1.76 bits per heavy atom. The Balaban J connectivity index is 1.56. The highest BCUT2D eigenvalue weighted by molar-refractivity contribution is 5.78. The Labute approximate surface area is 148 Å². The van der Waals surface area contributed by atoms with Gasteiger partial charge in [-0.15, -0.1) is 0 Å². The van der Waals surface area contributed by atoms with E-state index in [0.29, 0.717) is 0 Å². The molecule has 5 rings (SSSR count). The summed E-state index contributed by atoms with van der Waals surface area (Å²) < 4.78 is 8.09. The molecule has 0 saturated carbocycles. The Hall–Kier alpha value is -2.29. The van der Waals surface area contributed by atoms with Crippen molar-refractivity contribution in [3.8, 4) is 5.75 Å². The molecule has 0 fully saturated rings. The average molecular weight is 332 g/mol. The lowest BCUT2D eigenvalue weighted by molar-refractivity contribution is 0.288.